The number of hydrogen-bond acceptors (Lipinski definition) is 4. The summed E-state index contributed by atoms with van der Waals surface area (Å²) in [6, 6.07) is 7.71. The lowest BCUT2D eigenvalue weighted by Crippen LogP contribution is -2.17. The molecule has 0 aliphatic heterocycles. The van der Waals surface area contributed by atoms with Crippen LogP contribution in [-0.4, -0.2) is 11.0 Å². The normalized spacial score (nSPS) is 12.4. The van der Waals surface area contributed by atoms with Crippen LogP contribution in [0.4, 0.5) is 10.8 Å². The molecular formula is C12H14ClN3S. The van der Waals surface area contributed by atoms with Crippen molar-refractivity contribution in [3.8, 4) is 0 Å². The van der Waals surface area contributed by atoms with Gasteiger partial charge in [-0.15, -0.1) is 11.3 Å². The van der Waals surface area contributed by atoms with E-state index < -0.39 is 0 Å². The molecule has 0 aliphatic rings. The first-order valence-corrected chi connectivity index (χ1v) is 6.62. The third-order valence-corrected chi connectivity index (χ3v) is 3.20. The van der Waals surface area contributed by atoms with Gasteiger partial charge in [0.05, 0.1) is 5.69 Å². The van der Waals surface area contributed by atoms with Crippen LogP contribution in [0, 0.1) is 0 Å². The smallest absolute Gasteiger partial charge is 0.187 e. The summed E-state index contributed by atoms with van der Waals surface area (Å²) in [6.07, 6.45) is 0.799. The lowest BCUT2D eigenvalue weighted by molar-refractivity contribution is 0.726. The molecule has 0 amide bonds. The van der Waals surface area contributed by atoms with Crippen LogP contribution in [0.3, 0.4) is 0 Å². The Morgan fingerprint density at radius 1 is 1.53 bits per heavy atom. The van der Waals surface area contributed by atoms with Gasteiger partial charge in [0, 0.05) is 28.6 Å². The van der Waals surface area contributed by atoms with Gasteiger partial charge in [0.25, 0.3) is 0 Å². The third-order valence-electron chi connectivity index (χ3n) is 2.16. The Balaban J connectivity index is 2.06. The zero-order valence-corrected chi connectivity index (χ0v) is 11.1. The molecule has 1 heterocycles. The van der Waals surface area contributed by atoms with Gasteiger partial charge in [-0.1, -0.05) is 17.7 Å². The standard InChI is InChI=1S/C12H14ClN3S/c1-8(14)5-11-7-17-12(16-11)15-10-4-2-3-9(13)6-10/h2-4,6-8H,5,14H2,1H3,(H,15,16). The van der Waals surface area contributed by atoms with E-state index in [1.54, 1.807) is 11.3 Å². The van der Waals surface area contributed by atoms with Crippen molar-refractivity contribution in [3.63, 3.8) is 0 Å². The number of nitrogens with two attached hydrogens (primary N) is 1. The fourth-order valence-corrected chi connectivity index (χ4v) is 2.41. The second-order valence-electron chi connectivity index (χ2n) is 3.96. The molecule has 0 spiro atoms. The second kappa shape index (κ2) is 5.49. The Hall–Kier alpha value is -1.10. The Bertz CT molecular complexity index is 496. The monoisotopic (exact) mass is 267 g/mol. The van der Waals surface area contributed by atoms with Crippen molar-refractivity contribution >= 4 is 33.8 Å². The lowest BCUT2D eigenvalue weighted by Gasteiger charge is -2.03. The van der Waals surface area contributed by atoms with Crippen LogP contribution in [0.2, 0.25) is 5.02 Å². The van der Waals surface area contributed by atoms with Crippen LogP contribution in [0.15, 0.2) is 29.6 Å². The summed E-state index contributed by atoms with van der Waals surface area (Å²) in [7, 11) is 0. The van der Waals surface area contributed by atoms with E-state index >= 15 is 0 Å². The van der Waals surface area contributed by atoms with Crippen molar-refractivity contribution in [2.45, 2.75) is 19.4 Å². The van der Waals surface area contributed by atoms with Crippen LogP contribution in [-0.2, 0) is 6.42 Å². The third kappa shape index (κ3) is 3.70. The number of thiazole rings is 1. The van der Waals surface area contributed by atoms with Crippen molar-refractivity contribution in [1.29, 1.82) is 0 Å². The largest absolute Gasteiger partial charge is 0.331 e. The molecule has 3 nitrogen and oxygen atoms in total. The molecule has 0 saturated carbocycles. The minimum Gasteiger partial charge on any atom is -0.331 e. The Morgan fingerprint density at radius 2 is 2.35 bits per heavy atom. The van der Waals surface area contributed by atoms with Gasteiger partial charge in [0.2, 0.25) is 0 Å². The molecule has 1 aromatic heterocycles. The van der Waals surface area contributed by atoms with Gasteiger partial charge in [-0.25, -0.2) is 4.98 Å². The summed E-state index contributed by atoms with van der Waals surface area (Å²) >= 11 is 7.48. The molecule has 0 saturated heterocycles. The molecule has 0 radical (unpaired) electrons. The summed E-state index contributed by atoms with van der Waals surface area (Å²) in [4.78, 5) is 4.46. The van der Waals surface area contributed by atoms with Gasteiger partial charge in [-0.2, -0.15) is 0 Å². The fourth-order valence-electron chi connectivity index (χ4n) is 1.48. The van der Waals surface area contributed by atoms with E-state index in [1.165, 1.54) is 0 Å². The molecule has 0 fully saturated rings. The second-order valence-corrected chi connectivity index (χ2v) is 5.26. The number of nitrogens with one attached hydrogen (secondary N) is 1. The number of rotatable bonds is 4. The molecule has 2 aromatic rings. The van der Waals surface area contributed by atoms with Crippen molar-refractivity contribution in [2.24, 2.45) is 5.73 Å². The molecule has 3 N–H and O–H groups in total. The molecule has 1 atom stereocenters. The van der Waals surface area contributed by atoms with Crippen LogP contribution in [0.1, 0.15) is 12.6 Å². The predicted molar refractivity (Wildman–Crippen MR) is 74.2 cm³/mol. The zero-order chi connectivity index (χ0) is 12.3. The minimum absolute atomic E-state index is 0.135. The average Bonchev–Trinajstić information content (AvgIpc) is 2.64. The summed E-state index contributed by atoms with van der Waals surface area (Å²) < 4.78 is 0. The maximum atomic E-state index is 5.91. The molecule has 90 valence electrons. The van der Waals surface area contributed by atoms with Crippen molar-refractivity contribution in [1.82, 2.24) is 4.98 Å². The highest BCUT2D eigenvalue weighted by atomic mass is 35.5. The van der Waals surface area contributed by atoms with Gasteiger partial charge in [-0.3, -0.25) is 0 Å². The highest BCUT2D eigenvalue weighted by molar-refractivity contribution is 7.13. The highest BCUT2D eigenvalue weighted by Gasteiger charge is 2.04. The summed E-state index contributed by atoms with van der Waals surface area (Å²) in [5, 5.41) is 6.82. The Morgan fingerprint density at radius 3 is 3.06 bits per heavy atom. The molecule has 0 aliphatic carbocycles. The van der Waals surface area contributed by atoms with E-state index in [1.807, 2.05) is 36.6 Å². The zero-order valence-electron chi connectivity index (χ0n) is 9.48. The van der Waals surface area contributed by atoms with Gasteiger partial charge in [0.15, 0.2) is 5.13 Å². The van der Waals surface area contributed by atoms with E-state index in [-0.39, 0.29) is 6.04 Å². The summed E-state index contributed by atoms with van der Waals surface area (Å²) in [6.45, 7) is 1.98. The van der Waals surface area contributed by atoms with Crippen LogP contribution < -0.4 is 11.1 Å². The number of hydrogen-bond donors (Lipinski definition) is 2. The lowest BCUT2D eigenvalue weighted by atomic mass is 10.2. The van der Waals surface area contributed by atoms with Crippen molar-refractivity contribution < 1.29 is 0 Å². The highest BCUT2D eigenvalue weighted by Crippen LogP contribution is 2.23. The van der Waals surface area contributed by atoms with Gasteiger partial charge in [0.1, 0.15) is 0 Å². The number of anilines is 2. The first-order chi connectivity index (χ1) is 8.13. The fraction of sp³-hybridized carbons (Fsp3) is 0.250. The quantitative estimate of drug-likeness (QED) is 0.892. The number of benzene rings is 1. The van der Waals surface area contributed by atoms with E-state index in [0.29, 0.717) is 5.02 Å². The molecular weight excluding hydrogens is 254 g/mol. The van der Waals surface area contributed by atoms with Crippen molar-refractivity contribution in [3.05, 3.63) is 40.4 Å². The summed E-state index contributed by atoms with van der Waals surface area (Å²) in [5.74, 6) is 0. The molecule has 0 bridgehead atoms. The molecule has 2 rings (SSSR count). The maximum absolute atomic E-state index is 5.91. The van der Waals surface area contributed by atoms with Crippen LogP contribution in [0.5, 0.6) is 0 Å². The maximum Gasteiger partial charge on any atom is 0.187 e. The minimum atomic E-state index is 0.135. The first-order valence-electron chi connectivity index (χ1n) is 5.36. The van der Waals surface area contributed by atoms with Gasteiger partial charge in [-0.05, 0) is 25.1 Å². The first kappa shape index (κ1) is 12.4. The molecule has 5 heteroatoms. The summed E-state index contributed by atoms with van der Waals surface area (Å²) in [5.41, 5.74) is 7.70. The number of aromatic nitrogens is 1. The van der Waals surface area contributed by atoms with E-state index in [9.17, 15) is 0 Å². The topological polar surface area (TPSA) is 50.9 Å². The molecule has 1 aromatic carbocycles. The Labute approximate surface area is 110 Å². The van der Waals surface area contributed by atoms with Crippen molar-refractivity contribution in [2.75, 3.05) is 5.32 Å². The van der Waals surface area contributed by atoms with Gasteiger partial charge >= 0.3 is 0 Å². The Kier molecular flexibility index (Phi) is 3.99. The van der Waals surface area contributed by atoms with E-state index in [4.69, 9.17) is 17.3 Å². The molecule has 17 heavy (non-hydrogen) atoms. The number of nitrogens with zero attached hydrogens (tertiary/aromatic N) is 1. The van der Waals surface area contributed by atoms with Crippen LogP contribution in [0.25, 0.3) is 0 Å². The van der Waals surface area contributed by atoms with Gasteiger partial charge < -0.3 is 11.1 Å². The average molecular weight is 268 g/mol. The van der Waals surface area contributed by atoms with E-state index in [2.05, 4.69) is 10.3 Å². The molecule has 1 unspecified atom stereocenters. The SMILES string of the molecule is CC(N)Cc1csc(Nc2cccc(Cl)c2)n1. The predicted octanol–water partition coefficient (Wildman–Crippen LogP) is 3.43. The number of halogens is 1. The van der Waals surface area contributed by atoms with E-state index in [0.717, 1.165) is 22.9 Å². The van der Waals surface area contributed by atoms with Crippen LogP contribution >= 0.6 is 22.9 Å².